The fraction of sp³-hybridized carbons (Fsp3) is 0.444. The Morgan fingerprint density at radius 1 is 1.71 bits per heavy atom. The number of nitrogens with zero attached hydrogens (tertiary/aromatic N) is 2. The predicted octanol–water partition coefficient (Wildman–Crippen LogP) is 0.340. The summed E-state index contributed by atoms with van der Waals surface area (Å²) in [5.41, 5.74) is 6.33. The number of nitrogens with two attached hydrogens (primary N) is 1. The molecule has 1 aliphatic rings. The van der Waals surface area contributed by atoms with Crippen molar-refractivity contribution in [3.63, 3.8) is 0 Å². The fourth-order valence-electron chi connectivity index (χ4n) is 1.46. The van der Waals surface area contributed by atoms with Gasteiger partial charge in [-0.05, 0) is 6.08 Å². The lowest BCUT2D eigenvalue weighted by Gasteiger charge is -2.11. The Kier molecular flexibility index (Phi) is 2.17. The van der Waals surface area contributed by atoms with Gasteiger partial charge in [0, 0.05) is 19.0 Å². The van der Waals surface area contributed by atoms with Gasteiger partial charge in [0.05, 0.1) is 12.8 Å². The summed E-state index contributed by atoms with van der Waals surface area (Å²) in [5, 5.41) is 13.8. The summed E-state index contributed by atoms with van der Waals surface area (Å²) in [6.07, 6.45) is 3.48. The van der Waals surface area contributed by atoms with E-state index in [2.05, 4.69) is 5.10 Å². The van der Waals surface area contributed by atoms with Crippen LogP contribution in [-0.2, 0) is 11.8 Å². The molecule has 14 heavy (non-hydrogen) atoms. The molecule has 1 atom stereocenters. The minimum atomic E-state index is -0.786. The van der Waals surface area contributed by atoms with Gasteiger partial charge in [0.1, 0.15) is 17.7 Å². The van der Waals surface area contributed by atoms with Crippen molar-refractivity contribution in [3.8, 4) is 0 Å². The molecule has 76 valence electrons. The second-order valence-corrected chi connectivity index (χ2v) is 3.25. The highest BCUT2D eigenvalue weighted by Crippen LogP contribution is 2.29. The standard InChI is InChI=1S/C9H13N3O2/c1-12-9(10)6(5-11-12)8(13)7-3-2-4-14-7/h3,5,8,13H,2,4,10H2,1H3. The van der Waals surface area contributed by atoms with E-state index in [1.165, 1.54) is 4.68 Å². The van der Waals surface area contributed by atoms with Gasteiger partial charge in [-0.15, -0.1) is 0 Å². The summed E-state index contributed by atoms with van der Waals surface area (Å²) >= 11 is 0. The number of aliphatic hydroxyl groups excluding tert-OH is 1. The van der Waals surface area contributed by atoms with Crippen LogP contribution in [0, 0.1) is 0 Å². The number of aryl methyl sites for hydroxylation is 1. The highest BCUT2D eigenvalue weighted by molar-refractivity contribution is 5.42. The highest BCUT2D eigenvalue weighted by Gasteiger charge is 2.22. The average molecular weight is 195 g/mol. The third kappa shape index (κ3) is 1.35. The number of aromatic nitrogens is 2. The number of hydrogen-bond donors (Lipinski definition) is 2. The van der Waals surface area contributed by atoms with Gasteiger partial charge in [-0.2, -0.15) is 5.10 Å². The molecule has 0 bridgehead atoms. The lowest BCUT2D eigenvalue weighted by atomic mass is 10.1. The molecule has 0 saturated carbocycles. The van der Waals surface area contributed by atoms with Gasteiger partial charge in [-0.1, -0.05) is 0 Å². The average Bonchev–Trinajstić information content (AvgIpc) is 2.77. The van der Waals surface area contributed by atoms with Crippen LogP contribution in [-0.4, -0.2) is 21.5 Å². The Morgan fingerprint density at radius 2 is 2.50 bits per heavy atom. The highest BCUT2D eigenvalue weighted by atomic mass is 16.5. The summed E-state index contributed by atoms with van der Waals surface area (Å²) in [4.78, 5) is 0. The Bertz CT molecular complexity index is 370. The van der Waals surface area contributed by atoms with Crippen LogP contribution in [0.15, 0.2) is 18.0 Å². The lowest BCUT2D eigenvalue weighted by molar-refractivity contribution is 0.119. The minimum absolute atomic E-state index is 0.467. The molecule has 0 aromatic carbocycles. The van der Waals surface area contributed by atoms with E-state index in [-0.39, 0.29) is 0 Å². The molecule has 2 rings (SSSR count). The molecule has 0 fully saturated rings. The molecule has 0 spiro atoms. The summed E-state index contributed by atoms with van der Waals surface area (Å²) in [6, 6.07) is 0. The molecule has 5 heteroatoms. The third-order valence-electron chi connectivity index (χ3n) is 2.31. The lowest BCUT2D eigenvalue weighted by Crippen LogP contribution is -2.06. The summed E-state index contributed by atoms with van der Waals surface area (Å²) in [6.45, 7) is 0.632. The molecule has 1 aromatic heterocycles. The zero-order chi connectivity index (χ0) is 10.1. The Balaban J connectivity index is 2.26. The smallest absolute Gasteiger partial charge is 0.141 e. The van der Waals surface area contributed by atoms with Crippen molar-refractivity contribution in [3.05, 3.63) is 23.6 Å². The maximum Gasteiger partial charge on any atom is 0.141 e. The Labute approximate surface area is 81.8 Å². The molecule has 2 heterocycles. The van der Waals surface area contributed by atoms with Gasteiger partial charge in [-0.25, -0.2) is 0 Å². The first kappa shape index (κ1) is 9.08. The van der Waals surface area contributed by atoms with Crippen molar-refractivity contribution >= 4 is 5.82 Å². The van der Waals surface area contributed by atoms with Gasteiger partial charge < -0.3 is 15.6 Å². The van der Waals surface area contributed by atoms with E-state index in [1.54, 1.807) is 13.2 Å². The van der Waals surface area contributed by atoms with E-state index in [1.807, 2.05) is 6.08 Å². The predicted molar refractivity (Wildman–Crippen MR) is 51.2 cm³/mol. The normalized spacial score (nSPS) is 17.7. The van der Waals surface area contributed by atoms with Crippen LogP contribution >= 0.6 is 0 Å². The molecular formula is C9H13N3O2. The maximum atomic E-state index is 9.89. The molecule has 1 unspecified atom stereocenters. The van der Waals surface area contributed by atoms with Gasteiger partial charge >= 0.3 is 0 Å². The first-order valence-electron chi connectivity index (χ1n) is 4.48. The zero-order valence-electron chi connectivity index (χ0n) is 7.97. The summed E-state index contributed by atoms with van der Waals surface area (Å²) in [7, 11) is 1.73. The van der Waals surface area contributed by atoms with Crippen LogP contribution in [0.2, 0.25) is 0 Å². The van der Waals surface area contributed by atoms with Crippen molar-refractivity contribution in [2.75, 3.05) is 12.3 Å². The van der Waals surface area contributed by atoms with Gasteiger partial charge in [-0.3, -0.25) is 4.68 Å². The maximum absolute atomic E-state index is 9.89. The number of ether oxygens (including phenoxy) is 1. The van der Waals surface area contributed by atoms with Crippen LogP contribution in [0.5, 0.6) is 0 Å². The van der Waals surface area contributed by atoms with Crippen LogP contribution in [0.4, 0.5) is 5.82 Å². The topological polar surface area (TPSA) is 73.3 Å². The van der Waals surface area contributed by atoms with E-state index < -0.39 is 6.10 Å². The molecule has 1 aromatic rings. The largest absolute Gasteiger partial charge is 0.495 e. The fourth-order valence-corrected chi connectivity index (χ4v) is 1.46. The third-order valence-corrected chi connectivity index (χ3v) is 2.31. The van der Waals surface area contributed by atoms with E-state index >= 15 is 0 Å². The van der Waals surface area contributed by atoms with E-state index in [0.717, 1.165) is 6.42 Å². The van der Waals surface area contributed by atoms with Crippen molar-refractivity contribution in [1.29, 1.82) is 0 Å². The van der Waals surface area contributed by atoms with Crippen molar-refractivity contribution in [2.24, 2.45) is 7.05 Å². The van der Waals surface area contributed by atoms with Gasteiger partial charge in [0.15, 0.2) is 0 Å². The Morgan fingerprint density at radius 3 is 3.00 bits per heavy atom. The molecule has 3 N–H and O–H groups in total. The van der Waals surface area contributed by atoms with Gasteiger partial charge in [0.25, 0.3) is 0 Å². The zero-order valence-corrected chi connectivity index (χ0v) is 7.97. The van der Waals surface area contributed by atoms with E-state index in [9.17, 15) is 5.11 Å². The minimum Gasteiger partial charge on any atom is -0.495 e. The number of hydrogen-bond acceptors (Lipinski definition) is 4. The number of anilines is 1. The van der Waals surface area contributed by atoms with Crippen LogP contribution in [0.3, 0.4) is 0 Å². The first-order valence-corrected chi connectivity index (χ1v) is 4.48. The monoisotopic (exact) mass is 195 g/mol. The Hall–Kier alpha value is -1.49. The summed E-state index contributed by atoms with van der Waals surface area (Å²) in [5.74, 6) is 1.04. The molecule has 0 saturated heterocycles. The van der Waals surface area contributed by atoms with E-state index in [4.69, 9.17) is 10.5 Å². The van der Waals surface area contributed by atoms with Crippen LogP contribution in [0.25, 0.3) is 0 Å². The van der Waals surface area contributed by atoms with Gasteiger partial charge in [0.2, 0.25) is 0 Å². The number of nitrogen functional groups attached to an aromatic ring is 1. The number of aliphatic hydroxyl groups is 1. The van der Waals surface area contributed by atoms with Crippen molar-refractivity contribution < 1.29 is 9.84 Å². The molecule has 0 aliphatic carbocycles. The van der Waals surface area contributed by atoms with Crippen LogP contribution < -0.4 is 5.73 Å². The van der Waals surface area contributed by atoms with Crippen LogP contribution in [0.1, 0.15) is 18.1 Å². The first-order chi connectivity index (χ1) is 6.70. The summed E-state index contributed by atoms with van der Waals surface area (Å²) < 4.78 is 6.77. The van der Waals surface area contributed by atoms with Crippen molar-refractivity contribution in [2.45, 2.75) is 12.5 Å². The quantitative estimate of drug-likeness (QED) is 0.713. The molecular weight excluding hydrogens is 182 g/mol. The SMILES string of the molecule is Cn1ncc(C(O)C2=CCCO2)c1N. The van der Waals surface area contributed by atoms with E-state index in [0.29, 0.717) is 23.7 Å². The van der Waals surface area contributed by atoms with Crippen molar-refractivity contribution in [1.82, 2.24) is 9.78 Å². The molecule has 0 amide bonds. The second-order valence-electron chi connectivity index (χ2n) is 3.25. The molecule has 5 nitrogen and oxygen atoms in total. The number of rotatable bonds is 2. The molecule has 1 aliphatic heterocycles. The second kappa shape index (κ2) is 3.34. The molecule has 0 radical (unpaired) electrons.